The van der Waals surface area contributed by atoms with Gasteiger partial charge in [-0.25, -0.2) is 4.79 Å². The second-order valence-corrected chi connectivity index (χ2v) is 7.53. The second-order valence-electron chi connectivity index (χ2n) is 7.10. The maximum absolute atomic E-state index is 13.1. The molecule has 0 aliphatic carbocycles. The fraction of sp³-hybridized carbons (Fsp3) is 0.350. The molecule has 0 saturated carbocycles. The third-order valence-electron chi connectivity index (χ3n) is 5.25. The number of halogens is 1. The number of likely N-dealkylation sites (N-methyl/N-ethyl adjacent to an activating group) is 1. The monoisotopic (exact) mass is 355 g/mol. The van der Waals surface area contributed by atoms with Gasteiger partial charge in [0.05, 0.1) is 0 Å². The largest absolute Gasteiger partial charge is 0.326 e. The molecule has 4 rings (SSSR count). The van der Waals surface area contributed by atoms with Gasteiger partial charge in [-0.05, 0) is 56.8 Å². The van der Waals surface area contributed by atoms with Gasteiger partial charge in [0.25, 0.3) is 0 Å². The number of nitrogens with one attached hydrogen (secondary N) is 1. The Morgan fingerprint density at radius 3 is 2.88 bits per heavy atom. The normalized spacial score (nSPS) is 22.4. The number of carbonyl (C=O) groups is 1. The molecule has 0 radical (unpaired) electrons. The molecule has 2 atom stereocenters. The van der Waals surface area contributed by atoms with E-state index in [1.807, 2.05) is 17.0 Å². The molecule has 1 fully saturated rings. The van der Waals surface area contributed by atoms with E-state index in [1.165, 1.54) is 11.1 Å². The van der Waals surface area contributed by atoms with E-state index in [4.69, 9.17) is 11.6 Å². The summed E-state index contributed by atoms with van der Waals surface area (Å²) >= 11 is 6.04. The summed E-state index contributed by atoms with van der Waals surface area (Å²) in [4.78, 5) is 17.4. The average molecular weight is 356 g/mol. The quantitative estimate of drug-likeness (QED) is 0.818. The number of hydrogen-bond donors (Lipinski definition) is 1. The van der Waals surface area contributed by atoms with Crippen LogP contribution in [0.25, 0.3) is 0 Å². The van der Waals surface area contributed by atoms with Crippen LogP contribution >= 0.6 is 11.6 Å². The summed E-state index contributed by atoms with van der Waals surface area (Å²) < 4.78 is 0. The van der Waals surface area contributed by atoms with Crippen molar-refractivity contribution in [3.63, 3.8) is 0 Å². The van der Waals surface area contributed by atoms with Crippen molar-refractivity contribution in [2.24, 2.45) is 0 Å². The van der Waals surface area contributed by atoms with E-state index in [2.05, 4.69) is 42.4 Å². The third kappa shape index (κ3) is 3.00. The highest BCUT2D eigenvalue weighted by Crippen LogP contribution is 2.45. The Morgan fingerprint density at radius 2 is 2.08 bits per heavy atom. The number of hydrogen-bond acceptors (Lipinski definition) is 2. The minimum atomic E-state index is -0.0792. The number of piperidine rings is 1. The van der Waals surface area contributed by atoms with Gasteiger partial charge >= 0.3 is 6.03 Å². The topological polar surface area (TPSA) is 35.6 Å². The molecule has 2 aromatic rings. The predicted octanol–water partition coefficient (Wildman–Crippen LogP) is 4.49. The van der Waals surface area contributed by atoms with Gasteiger partial charge in [0, 0.05) is 34.9 Å². The molecule has 5 heteroatoms. The highest BCUT2D eigenvalue weighted by Gasteiger charge is 2.43. The van der Waals surface area contributed by atoms with E-state index in [9.17, 15) is 4.79 Å². The number of likely N-dealkylation sites (tertiary alicyclic amines) is 1. The maximum atomic E-state index is 13.1. The number of benzene rings is 2. The van der Waals surface area contributed by atoms with Crippen molar-refractivity contribution < 1.29 is 4.79 Å². The van der Waals surface area contributed by atoms with Crippen molar-refractivity contribution in [2.75, 3.05) is 30.4 Å². The molecule has 1 N–H and O–H groups in total. The van der Waals surface area contributed by atoms with Crippen LogP contribution in [0, 0.1) is 6.92 Å². The standard InChI is InChI=1S/C20H22ClN3O/c1-13-6-7-18-16(10-13)17-12-23(2)9-8-19(17)24(18)20(25)22-15-5-3-4-14(21)11-15/h3-7,10-11,17,19H,8-9,12H2,1-2H3,(H,22,25)/t17-,19-/m0/s1. The van der Waals surface area contributed by atoms with E-state index < -0.39 is 0 Å². The first-order valence-corrected chi connectivity index (χ1v) is 9.05. The minimum Gasteiger partial charge on any atom is -0.307 e. The van der Waals surface area contributed by atoms with Crippen molar-refractivity contribution in [3.8, 4) is 0 Å². The Bertz CT molecular complexity index is 822. The van der Waals surface area contributed by atoms with E-state index in [1.54, 1.807) is 12.1 Å². The molecule has 0 bridgehead atoms. The van der Waals surface area contributed by atoms with Crippen molar-refractivity contribution >= 4 is 29.0 Å². The molecule has 4 nitrogen and oxygen atoms in total. The Kier molecular flexibility index (Phi) is 4.18. The van der Waals surface area contributed by atoms with Crippen molar-refractivity contribution in [1.82, 2.24) is 4.90 Å². The van der Waals surface area contributed by atoms with Gasteiger partial charge in [0.1, 0.15) is 0 Å². The van der Waals surface area contributed by atoms with E-state index in [-0.39, 0.29) is 12.1 Å². The fourth-order valence-electron chi connectivity index (χ4n) is 4.10. The lowest BCUT2D eigenvalue weighted by Crippen LogP contribution is -2.48. The van der Waals surface area contributed by atoms with Crippen LogP contribution in [0.4, 0.5) is 16.2 Å². The van der Waals surface area contributed by atoms with Crippen molar-refractivity contribution in [1.29, 1.82) is 0 Å². The van der Waals surface area contributed by atoms with E-state index in [0.29, 0.717) is 10.9 Å². The van der Waals surface area contributed by atoms with Gasteiger partial charge in [-0.15, -0.1) is 0 Å². The first-order chi connectivity index (χ1) is 12.0. The zero-order valence-corrected chi connectivity index (χ0v) is 15.3. The Balaban J connectivity index is 1.67. The maximum Gasteiger partial charge on any atom is 0.326 e. The lowest BCUT2D eigenvalue weighted by Gasteiger charge is -2.36. The van der Waals surface area contributed by atoms with Gasteiger partial charge in [-0.3, -0.25) is 4.90 Å². The first-order valence-electron chi connectivity index (χ1n) is 8.68. The molecule has 25 heavy (non-hydrogen) atoms. The third-order valence-corrected chi connectivity index (χ3v) is 5.48. The number of anilines is 2. The molecule has 1 saturated heterocycles. The van der Waals surface area contributed by atoms with Crippen LogP contribution in [0.3, 0.4) is 0 Å². The van der Waals surface area contributed by atoms with Gasteiger partial charge in [0.15, 0.2) is 0 Å². The van der Waals surface area contributed by atoms with Crippen LogP contribution in [0.5, 0.6) is 0 Å². The fourth-order valence-corrected chi connectivity index (χ4v) is 4.29. The van der Waals surface area contributed by atoms with Crippen molar-refractivity contribution in [3.05, 3.63) is 58.6 Å². The van der Waals surface area contributed by atoms with Crippen LogP contribution in [0.2, 0.25) is 5.02 Å². The molecule has 2 heterocycles. The summed E-state index contributed by atoms with van der Waals surface area (Å²) in [7, 11) is 2.15. The smallest absolute Gasteiger partial charge is 0.307 e. The van der Waals surface area contributed by atoms with Gasteiger partial charge in [0.2, 0.25) is 0 Å². The Hall–Kier alpha value is -2.04. The summed E-state index contributed by atoms with van der Waals surface area (Å²) in [6, 6.07) is 13.8. The number of aryl methyl sites for hydroxylation is 1. The van der Waals surface area contributed by atoms with Crippen LogP contribution in [-0.4, -0.2) is 37.1 Å². The second kappa shape index (κ2) is 6.36. The molecule has 0 spiro atoms. The van der Waals surface area contributed by atoms with E-state index in [0.717, 1.165) is 30.9 Å². The highest BCUT2D eigenvalue weighted by molar-refractivity contribution is 6.30. The van der Waals surface area contributed by atoms with Gasteiger partial charge in [-0.1, -0.05) is 35.4 Å². The molecule has 2 aromatic carbocycles. The van der Waals surface area contributed by atoms with Crippen molar-refractivity contribution in [2.45, 2.75) is 25.3 Å². The number of nitrogens with zero attached hydrogens (tertiary/aromatic N) is 2. The number of urea groups is 1. The number of amides is 2. The molecule has 0 aromatic heterocycles. The summed E-state index contributed by atoms with van der Waals surface area (Å²) in [5.41, 5.74) is 4.29. The number of rotatable bonds is 1. The summed E-state index contributed by atoms with van der Waals surface area (Å²) in [5.74, 6) is 0.374. The zero-order valence-electron chi connectivity index (χ0n) is 14.5. The van der Waals surface area contributed by atoms with Crippen LogP contribution in [0.15, 0.2) is 42.5 Å². The average Bonchev–Trinajstić information content (AvgIpc) is 2.88. The van der Waals surface area contributed by atoms with Gasteiger partial charge < -0.3 is 10.2 Å². The van der Waals surface area contributed by atoms with Crippen LogP contribution in [0.1, 0.15) is 23.5 Å². The SMILES string of the molecule is Cc1ccc2c(c1)[C@@H]1CN(C)CC[C@@H]1N2C(=O)Nc1cccc(Cl)c1. The van der Waals surface area contributed by atoms with E-state index >= 15 is 0 Å². The Labute approximate surface area is 153 Å². The summed E-state index contributed by atoms with van der Waals surface area (Å²) in [5, 5.41) is 3.63. The van der Waals surface area contributed by atoms with Gasteiger partial charge in [-0.2, -0.15) is 0 Å². The molecule has 2 aliphatic rings. The summed E-state index contributed by atoms with van der Waals surface area (Å²) in [6.07, 6.45) is 0.984. The molecular formula is C20H22ClN3O. The predicted molar refractivity (Wildman–Crippen MR) is 103 cm³/mol. The Morgan fingerprint density at radius 1 is 1.24 bits per heavy atom. The lowest BCUT2D eigenvalue weighted by molar-refractivity contribution is 0.224. The zero-order chi connectivity index (χ0) is 17.6. The number of carbonyl (C=O) groups excluding carboxylic acids is 1. The molecule has 2 aliphatic heterocycles. The molecular weight excluding hydrogens is 334 g/mol. The van der Waals surface area contributed by atoms with Crippen LogP contribution < -0.4 is 10.2 Å². The molecule has 0 unspecified atom stereocenters. The first kappa shape index (κ1) is 16.4. The molecule has 2 amide bonds. The summed E-state index contributed by atoms with van der Waals surface area (Å²) in [6.45, 7) is 4.10. The molecule has 130 valence electrons. The minimum absolute atomic E-state index is 0.0792. The van der Waals surface area contributed by atoms with Crippen LogP contribution in [-0.2, 0) is 0 Å². The lowest BCUT2D eigenvalue weighted by atomic mass is 9.89. The number of fused-ring (bicyclic) bond motifs is 3. The highest BCUT2D eigenvalue weighted by atomic mass is 35.5.